The molecule has 3 heteroatoms. The van der Waals surface area contributed by atoms with E-state index in [0.717, 1.165) is 25.2 Å². The normalized spacial score (nSPS) is 26.2. The monoisotopic (exact) mass is 261 g/mol. The second kappa shape index (κ2) is 5.93. The van der Waals surface area contributed by atoms with Gasteiger partial charge in [0.05, 0.1) is 6.10 Å². The highest BCUT2D eigenvalue weighted by Crippen LogP contribution is 2.35. The Labute approximate surface area is 115 Å². The van der Waals surface area contributed by atoms with Gasteiger partial charge in [0.1, 0.15) is 12.4 Å². The van der Waals surface area contributed by atoms with E-state index in [0.29, 0.717) is 18.8 Å². The van der Waals surface area contributed by atoms with Crippen LogP contribution in [-0.2, 0) is 11.2 Å². The third-order valence-electron chi connectivity index (χ3n) is 4.26. The minimum atomic E-state index is 0.291. The van der Waals surface area contributed by atoms with Gasteiger partial charge in [-0.25, -0.2) is 0 Å². The van der Waals surface area contributed by atoms with Crippen molar-refractivity contribution in [1.82, 2.24) is 5.32 Å². The summed E-state index contributed by atoms with van der Waals surface area (Å²) >= 11 is 0. The lowest BCUT2D eigenvalue weighted by atomic mass is 9.87. The van der Waals surface area contributed by atoms with Gasteiger partial charge in [0, 0.05) is 12.6 Å². The summed E-state index contributed by atoms with van der Waals surface area (Å²) in [7, 11) is 2.04. The van der Waals surface area contributed by atoms with Gasteiger partial charge >= 0.3 is 0 Å². The van der Waals surface area contributed by atoms with Gasteiger partial charge in [-0.05, 0) is 56.3 Å². The summed E-state index contributed by atoms with van der Waals surface area (Å²) in [6.07, 6.45) is 6.18. The van der Waals surface area contributed by atoms with Crippen molar-refractivity contribution in [2.75, 3.05) is 20.3 Å². The van der Waals surface area contributed by atoms with E-state index >= 15 is 0 Å². The first-order valence-corrected chi connectivity index (χ1v) is 7.42. The van der Waals surface area contributed by atoms with Gasteiger partial charge < -0.3 is 14.8 Å². The molecule has 1 aromatic carbocycles. The fraction of sp³-hybridized carbons (Fsp3) is 0.625. The summed E-state index contributed by atoms with van der Waals surface area (Å²) in [5.41, 5.74) is 2.81. The predicted molar refractivity (Wildman–Crippen MR) is 75.6 cm³/mol. The zero-order chi connectivity index (χ0) is 13.1. The Bertz CT molecular complexity index is 427. The maximum absolute atomic E-state index is 6.03. The average Bonchev–Trinajstić information content (AvgIpc) is 2.97. The van der Waals surface area contributed by atoms with Crippen molar-refractivity contribution in [2.45, 2.75) is 44.2 Å². The Morgan fingerprint density at radius 2 is 2.26 bits per heavy atom. The molecule has 0 spiro atoms. The SMILES string of the molecule is CNC1CCCc2c(OCC3CCCO3)cccc21. The quantitative estimate of drug-likeness (QED) is 0.904. The topological polar surface area (TPSA) is 30.5 Å². The zero-order valence-corrected chi connectivity index (χ0v) is 11.7. The molecule has 2 aliphatic rings. The van der Waals surface area contributed by atoms with Crippen LogP contribution in [0.2, 0.25) is 0 Å². The lowest BCUT2D eigenvalue weighted by Gasteiger charge is -2.27. The predicted octanol–water partition coefficient (Wildman–Crippen LogP) is 2.84. The number of hydrogen-bond acceptors (Lipinski definition) is 3. The Kier molecular flexibility index (Phi) is 4.04. The van der Waals surface area contributed by atoms with Gasteiger partial charge in [-0.3, -0.25) is 0 Å². The van der Waals surface area contributed by atoms with E-state index in [4.69, 9.17) is 9.47 Å². The largest absolute Gasteiger partial charge is 0.491 e. The molecule has 1 N–H and O–H groups in total. The number of hydrogen-bond donors (Lipinski definition) is 1. The summed E-state index contributed by atoms with van der Waals surface area (Å²) in [6.45, 7) is 1.59. The van der Waals surface area contributed by atoms with E-state index < -0.39 is 0 Å². The van der Waals surface area contributed by atoms with Crippen LogP contribution in [-0.4, -0.2) is 26.4 Å². The lowest BCUT2D eigenvalue weighted by Crippen LogP contribution is -2.23. The van der Waals surface area contributed by atoms with Gasteiger partial charge in [0.25, 0.3) is 0 Å². The first kappa shape index (κ1) is 12.9. The highest BCUT2D eigenvalue weighted by atomic mass is 16.5. The molecule has 0 aromatic heterocycles. The van der Waals surface area contributed by atoms with Gasteiger partial charge in [-0.15, -0.1) is 0 Å². The molecule has 3 nitrogen and oxygen atoms in total. The Hall–Kier alpha value is -1.06. The van der Waals surface area contributed by atoms with Crippen LogP contribution >= 0.6 is 0 Å². The van der Waals surface area contributed by atoms with Crippen LogP contribution in [0.3, 0.4) is 0 Å². The van der Waals surface area contributed by atoms with Crippen LogP contribution in [0.25, 0.3) is 0 Å². The molecule has 1 aliphatic carbocycles. The molecule has 0 radical (unpaired) electrons. The molecule has 0 bridgehead atoms. The standard InChI is InChI=1S/C16H23NO2/c1-17-15-8-2-7-14-13(15)6-3-9-16(14)19-11-12-5-4-10-18-12/h3,6,9,12,15,17H,2,4-5,7-8,10-11H2,1H3. The molecule has 104 valence electrons. The molecule has 3 rings (SSSR count). The molecular formula is C16H23NO2. The lowest BCUT2D eigenvalue weighted by molar-refractivity contribution is 0.0675. The summed E-state index contributed by atoms with van der Waals surface area (Å²) in [6, 6.07) is 6.93. The maximum atomic E-state index is 6.03. The smallest absolute Gasteiger partial charge is 0.122 e. The van der Waals surface area contributed by atoms with E-state index in [1.54, 1.807) is 0 Å². The third-order valence-corrected chi connectivity index (χ3v) is 4.26. The van der Waals surface area contributed by atoms with Crippen molar-refractivity contribution >= 4 is 0 Å². The second-order valence-corrected chi connectivity index (χ2v) is 5.50. The van der Waals surface area contributed by atoms with Crippen molar-refractivity contribution in [3.8, 4) is 5.75 Å². The van der Waals surface area contributed by atoms with Crippen LogP contribution in [0.1, 0.15) is 42.9 Å². The van der Waals surface area contributed by atoms with Gasteiger partial charge in [-0.2, -0.15) is 0 Å². The highest BCUT2D eigenvalue weighted by Gasteiger charge is 2.22. The summed E-state index contributed by atoms with van der Waals surface area (Å²) in [5.74, 6) is 1.06. The van der Waals surface area contributed by atoms with Crippen molar-refractivity contribution in [2.24, 2.45) is 0 Å². The van der Waals surface area contributed by atoms with Crippen molar-refractivity contribution in [3.05, 3.63) is 29.3 Å². The number of ether oxygens (including phenoxy) is 2. The molecule has 1 aromatic rings. The minimum absolute atomic E-state index is 0.291. The molecular weight excluding hydrogens is 238 g/mol. The fourth-order valence-electron chi connectivity index (χ4n) is 3.21. The Morgan fingerprint density at radius 3 is 3.05 bits per heavy atom. The second-order valence-electron chi connectivity index (χ2n) is 5.50. The Morgan fingerprint density at radius 1 is 1.32 bits per heavy atom. The number of fused-ring (bicyclic) bond motifs is 1. The van der Waals surface area contributed by atoms with E-state index in [-0.39, 0.29) is 0 Å². The first-order valence-electron chi connectivity index (χ1n) is 7.42. The van der Waals surface area contributed by atoms with E-state index in [1.807, 2.05) is 7.05 Å². The van der Waals surface area contributed by atoms with E-state index in [1.165, 1.54) is 30.4 Å². The summed E-state index contributed by atoms with van der Waals surface area (Å²) < 4.78 is 11.7. The molecule has 1 heterocycles. The van der Waals surface area contributed by atoms with Gasteiger partial charge in [0.2, 0.25) is 0 Å². The van der Waals surface area contributed by atoms with Crippen LogP contribution in [0, 0.1) is 0 Å². The van der Waals surface area contributed by atoms with Crippen LogP contribution in [0.15, 0.2) is 18.2 Å². The summed E-state index contributed by atoms with van der Waals surface area (Å²) in [4.78, 5) is 0. The van der Waals surface area contributed by atoms with Gasteiger partial charge in [-0.1, -0.05) is 12.1 Å². The van der Waals surface area contributed by atoms with Crippen LogP contribution in [0.4, 0.5) is 0 Å². The average molecular weight is 261 g/mol. The fourth-order valence-corrected chi connectivity index (χ4v) is 3.21. The third kappa shape index (κ3) is 2.77. The van der Waals surface area contributed by atoms with E-state index in [2.05, 4.69) is 23.5 Å². The molecule has 1 fully saturated rings. The minimum Gasteiger partial charge on any atom is -0.491 e. The number of benzene rings is 1. The highest BCUT2D eigenvalue weighted by molar-refractivity contribution is 5.43. The summed E-state index contributed by atoms with van der Waals surface area (Å²) in [5, 5.41) is 3.40. The first-order chi connectivity index (χ1) is 9.38. The maximum Gasteiger partial charge on any atom is 0.122 e. The molecule has 2 atom stereocenters. The van der Waals surface area contributed by atoms with Crippen LogP contribution < -0.4 is 10.1 Å². The van der Waals surface area contributed by atoms with Gasteiger partial charge in [0.15, 0.2) is 0 Å². The Balaban J connectivity index is 1.74. The molecule has 19 heavy (non-hydrogen) atoms. The van der Waals surface area contributed by atoms with Crippen LogP contribution in [0.5, 0.6) is 5.75 Å². The molecule has 1 aliphatic heterocycles. The van der Waals surface area contributed by atoms with Crippen molar-refractivity contribution in [1.29, 1.82) is 0 Å². The zero-order valence-electron chi connectivity index (χ0n) is 11.7. The number of nitrogens with one attached hydrogen (secondary N) is 1. The molecule has 2 unspecified atom stereocenters. The van der Waals surface area contributed by atoms with Crippen molar-refractivity contribution < 1.29 is 9.47 Å². The number of rotatable bonds is 4. The van der Waals surface area contributed by atoms with E-state index in [9.17, 15) is 0 Å². The molecule has 1 saturated heterocycles. The molecule has 0 saturated carbocycles. The van der Waals surface area contributed by atoms with Crippen molar-refractivity contribution in [3.63, 3.8) is 0 Å². The molecule has 0 amide bonds.